The van der Waals surface area contributed by atoms with Crippen molar-refractivity contribution in [2.45, 2.75) is 37.9 Å². The minimum atomic E-state index is -3.52. The quantitative estimate of drug-likeness (QED) is 0.832. The van der Waals surface area contributed by atoms with Crippen molar-refractivity contribution in [3.05, 3.63) is 33.4 Å². The van der Waals surface area contributed by atoms with Crippen LogP contribution in [0.25, 0.3) is 0 Å². The monoisotopic (exact) mass is 367 g/mol. The second-order valence-electron chi connectivity index (χ2n) is 4.96. The van der Waals surface area contributed by atoms with E-state index in [1.807, 2.05) is 31.2 Å². The molecular weight excluding hydrogens is 349 g/mol. The fraction of sp³-hybridized carbons (Fsp3) is 0.500. The lowest BCUT2D eigenvalue weighted by molar-refractivity contribution is 0.500. The molecule has 0 aromatic heterocycles. The molecular formula is C12H18INO2S. The molecule has 5 heteroatoms. The van der Waals surface area contributed by atoms with Crippen LogP contribution < -0.4 is 5.14 Å². The number of halogens is 1. The van der Waals surface area contributed by atoms with Crippen LogP contribution in [-0.4, -0.2) is 13.2 Å². The Hall–Kier alpha value is -0.140. The lowest BCUT2D eigenvalue weighted by atomic mass is 9.91. The van der Waals surface area contributed by atoms with E-state index >= 15 is 0 Å². The van der Waals surface area contributed by atoms with Gasteiger partial charge in [-0.3, -0.25) is 0 Å². The molecule has 0 aliphatic rings. The van der Waals surface area contributed by atoms with Crippen molar-refractivity contribution in [3.8, 4) is 0 Å². The Morgan fingerprint density at radius 2 is 1.76 bits per heavy atom. The molecule has 17 heavy (non-hydrogen) atoms. The SMILES string of the molecule is C[C@@H](CC(C)(C)S(N)(=O)=O)c1ccc(I)cc1. The van der Waals surface area contributed by atoms with E-state index in [0.29, 0.717) is 6.42 Å². The van der Waals surface area contributed by atoms with Crippen LogP contribution in [0, 0.1) is 3.57 Å². The molecule has 1 aromatic rings. The highest BCUT2D eigenvalue weighted by Crippen LogP contribution is 2.29. The first-order valence-corrected chi connectivity index (χ1v) is 8.04. The Balaban J connectivity index is 2.86. The van der Waals surface area contributed by atoms with Crippen molar-refractivity contribution < 1.29 is 8.42 Å². The van der Waals surface area contributed by atoms with Crippen LogP contribution in [0.5, 0.6) is 0 Å². The molecule has 1 rings (SSSR count). The predicted molar refractivity (Wildman–Crippen MR) is 79.4 cm³/mol. The molecule has 0 amide bonds. The molecule has 0 saturated carbocycles. The van der Waals surface area contributed by atoms with Crippen LogP contribution in [0.3, 0.4) is 0 Å². The third-order valence-corrected chi connectivity index (χ3v) is 5.43. The van der Waals surface area contributed by atoms with Crippen molar-refractivity contribution in [2.75, 3.05) is 0 Å². The lowest BCUT2D eigenvalue weighted by Crippen LogP contribution is -2.38. The summed E-state index contributed by atoms with van der Waals surface area (Å²) in [5, 5.41) is 5.23. The van der Waals surface area contributed by atoms with Crippen molar-refractivity contribution in [2.24, 2.45) is 5.14 Å². The van der Waals surface area contributed by atoms with Crippen molar-refractivity contribution in [1.29, 1.82) is 0 Å². The van der Waals surface area contributed by atoms with Gasteiger partial charge in [0.05, 0.1) is 4.75 Å². The second-order valence-corrected chi connectivity index (χ2v) is 8.40. The number of primary sulfonamides is 1. The first-order valence-electron chi connectivity index (χ1n) is 5.41. The molecule has 0 spiro atoms. The zero-order valence-electron chi connectivity index (χ0n) is 10.3. The average molecular weight is 367 g/mol. The van der Waals surface area contributed by atoms with E-state index in [4.69, 9.17) is 5.14 Å². The summed E-state index contributed by atoms with van der Waals surface area (Å²) in [6.45, 7) is 5.37. The van der Waals surface area contributed by atoms with Gasteiger partial charge in [0.2, 0.25) is 10.0 Å². The summed E-state index contributed by atoms with van der Waals surface area (Å²) in [4.78, 5) is 0. The normalized spacial score (nSPS) is 14.6. The highest BCUT2D eigenvalue weighted by Gasteiger charge is 2.32. The maximum absolute atomic E-state index is 11.5. The molecule has 0 fully saturated rings. The van der Waals surface area contributed by atoms with E-state index in [2.05, 4.69) is 22.6 Å². The number of rotatable bonds is 4. The van der Waals surface area contributed by atoms with Gasteiger partial charge >= 0.3 is 0 Å². The Morgan fingerprint density at radius 1 is 1.29 bits per heavy atom. The molecule has 0 aliphatic carbocycles. The molecule has 0 bridgehead atoms. The molecule has 2 N–H and O–H groups in total. The van der Waals surface area contributed by atoms with Crippen LogP contribution in [-0.2, 0) is 10.0 Å². The Labute approximate surface area is 117 Å². The molecule has 3 nitrogen and oxygen atoms in total. The molecule has 0 heterocycles. The number of hydrogen-bond acceptors (Lipinski definition) is 2. The van der Waals surface area contributed by atoms with Gasteiger partial charge in [-0.25, -0.2) is 13.6 Å². The molecule has 0 saturated heterocycles. The largest absolute Gasteiger partial charge is 0.228 e. The standard InChI is InChI=1S/C12H18INO2S/c1-9(8-12(2,3)17(14,15)16)10-4-6-11(13)7-5-10/h4-7,9H,8H2,1-3H3,(H2,14,15,16)/t9-/m0/s1. The summed E-state index contributed by atoms with van der Waals surface area (Å²) >= 11 is 2.25. The topological polar surface area (TPSA) is 60.2 Å². The van der Waals surface area contributed by atoms with Gasteiger partial charge in [0.15, 0.2) is 0 Å². The van der Waals surface area contributed by atoms with Crippen molar-refractivity contribution in [3.63, 3.8) is 0 Å². The average Bonchev–Trinajstić information content (AvgIpc) is 2.16. The fourth-order valence-corrected chi connectivity index (χ4v) is 2.60. The van der Waals surface area contributed by atoms with Gasteiger partial charge in [0.25, 0.3) is 0 Å². The predicted octanol–water partition coefficient (Wildman–Crippen LogP) is 2.85. The summed E-state index contributed by atoms with van der Waals surface area (Å²) < 4.78 is 23.2. The van der Waals surface area contributed by atoms with Gasteiger partial charge in [0, 0.05) is 3.57 Å². The van der Waals surface area contributed by atoms with E-state index < -0.39 is 14.8 Å². The molecule has 0 aliphatic heterocycles. The summed E-state index contributed by atoms with van der Waals surface area (Å²) in [5.41, 5.74) is 1.14. The van der Waals surface area contributed by atoms with E-state index in [0.717, 1.165) is 5.56 Å². The molecule has 96 valence electrons. The Bertz CT molecular complexity index is 480. The Morgan fingerprint density at radius 3 is 2.18 bits per heavy atom. The van der Waals surface area contributed by atoms with Crippen molar-refractivity contribution >= 4 is 32.6 Å². The smallest absolute Gasteiger partial charge is 0.214 e. The molecule has 0 unspecified atom stereocenters. The zero-order chi connectivity index (χ0) is 13.3. The van der Waals surface area contributed by atoms with Crippen LogP contribution in [0.2, 0.25) is 0 Å². The minimum absolute atomic E-state index is 0.167. The van der Waals surface area contributed by atoms with Crippen LogP contribution in [0.1, 0.15) is 38.7 Å². The van der Waals surface area contributed by atoms with Crippen LogP contribution in [0.15, 0.2) is 24.3 Å². The molecule has 1 aromatic carbocycles. The van der Waals surface area contributed by atoms with Gasteiger partial charge in [-0.05, 0) is 66.5 Å². The summed E-state index contributed by atoms with van der Waals surface area (Å²) in [7, 11) is -3.52. The third kappa shape index (κ3) is 3.93. The van der Waals surface area contributed by atoms with Gasteiger partial charge in [-0.15, -0.1) is 0 Å². The van der Waals surface area contributed by atoms with E-state index in [1.165, 1.54) is 3.57 Å². The van der Waals surface area contributed by atoms with Crippen molar-refractivity contribution in [1.82, 2.24) is 0 Å². The van der Waals surface area contributed by atoms with E-state index in [-0.39, 0.29) is 5.92 Å². The fourth-order valence-electron chi connectivity index (χ4n) is 1.76. The second kappa shape index (κ2) is 5.24. The maximum Gasteiger partial charge on any atom is 0.214 e. The number of nitrogens with two attached hydrogens (primary N) is 1. The highest BCUT2D eigenvalue weighted by molar-refractivity contribution is 14.1. The number of sulfonamides is 1. The number of benzene rings is 1. The van der Waals surface area contributed by atoms with Gasteiger partial charge in [0.1, 0.15) is 0 Å². The lowest BCUT2D eigenvalue weighted by Gasteiger charge is -2.25. The Kier molecular flexibility index (Phi) is 4.60. The summed E-state index contributed by atoms with van der Waals surface area (Å²) in [6, 6.07) is 8.12. The first-order chi connectivity index (χ1) is 7.63. The number of hydrogen-bond donors (Lipinski definition) is 1. The zero-order valence-corrected chi connectivity index (χ0v) is 13.2. The highest BCUT2D eigenvalue weighted by atomic mass is 127. The third-order valence-electron chi connectivity index (χ3n) is 3.01. The summed E-state index contributed by atoms with van der Waals surface area (Å²) in [6.07, 6.45) is 0.520. The van der Waals surface area contributed by atoms with E-state index in [9.17, 15) is 8.42 Å². The van der Waals surface area contributed by atoms with Crippen LogP contribution >= 0.6 is 22.6 Å². The van der Waals surface area contributed by atoms with Gasteiger partial charge in [-0.2, -0.15) is 0 Å². The first kappa shape index (κ1) is 14.9. The van der Waals surface area contributed by atoms with Crippen LogP contribution in [0.4, 0.5) is 0 Å². The van der Waals surface area contributed by atoms with Gasteiger partial charge < -0.3 is 0 Å². The molecule has 1 atom stereocenters. The maximum atomic E-state index is 11.5. The summed E-state index contributed by atoms with van der Waals surface area (Å²) in [5.74, 6) is 0.167. The minimum Gasteiger partial charge on any atom is -0.228 e. The van der Waals surface area contributed by atoms with Gasteiger partial charge in [-0.1, -0.05) is 19.1 Å². The van der Waals surface area contributed by atoms with E-state index in [1.54, 1.807) is 13.8 Å². The molecule has 0 radical (unpaired) electrons.